The quantitative estimate of drug-likeness (QED) is 0.666. The van der Waals surface area contributed by atoms with Crippen LogP contribution >= 0.6 is 0 Å². The molecule has 0 aromatic heterocycles. The van der Waals surface area contributed by atoms with E-state index >= 15 is 0 Å². The number of aldehydes is 1. The Hall–Kier alpha value is -1.11. The number of hydrogen-bond donors (Lipinski definition) is 0. The molecule has 1 rings (SSSR count). The number of carbonyl (C=O) groups excluding carboxylic acids is 1. The summed E-state index contributed by atoms with van der Waals surface area (Å²) in [6.07, 6.45) is 3.15. The Bertz CT molecular complexity index is 277. The molecule has 0 atom stereocenters. The Balaban J connectivity index is 0.000000791. The molecule has 0 saturated heterocycles. The molecule has 0 unspecified atom stereocenters. The van der Waals surface area contributed by atoms with Crippen LogP contribution in [0.25, 0.3) is 0 Å². The smallest absolute Gasteiger partial charge is 0.150 e. The molecule has 0 saturated carbocycles. The zero-order chi connectivity index (χ0) is 11.0. The van der Waals surface area contributed by atoms with Gasteiger partial charge in [0.2, 0.25) is 0 Å². The standard InChI is InChI=1S/C11H14O.C2H6/c1-3-4-11-6-5-10(8-12)7-9(11)2;1-2/h5-8H,3-4H2,1-2H3;1-2H3. The van der Waals surface area contributed by atoms with Crippen molar-refractivity contribution in [1.82, 2.24) is 0 Å². The maximum atomic E-state index is 10.4. The molecule has 0 radical (unpaired) electrons. The second kappa shape index (κ2) is 7.31. The van der Waals surface area contributed by atoms with Gasteiger partial charge in [0.1, 0.15) is 6.29 Å². The summed E-state index contributed by atoms with van der Waals surface area (Å²) in [4.78, 5) is 10.4. The van der Waals surface area contributed by atoms with Gasteiger partial charge in [0.15, 0.2) is 0 Å². The first-order chi connectivity index (χ1) is 6.77. The first-order valence-electron chi connectivity index (χ1n) is 5.32. The summed E-state index contributed by atoms with van der Waals surface area (Å²) in [5.41, 5.74) is 3.34. The SMILES string of the molecule is CC.CCCc1ccc(C=O)cc1C. The zero-order valence-electron chi connectivity index (χ0n) is 9.63. The van der Waals surface area contributed by atoms with E-state index in [4.69, 9.17) is 0 Å². The summed E-state index contributed by atoms with van der Waals surface area (Å²) in [6, 6.07) is 5.87. The van der Waals surface area contributed by atoms with Crippen molar-refractivity contribution < 1.29 is 4.79 Å². The monoisotopic (exact) mass is 192 g/mol. The number of rotatable bonds is 3. The Labute approximate surface area is 87.2 Å². The van der Waals surface area contributed by atoms with Crippen molar-refractivity contribution in [2.45, 2.75) is 40.5 Å². The molecule has 14 heavy (non-hydrogen) atoms. The van der Waals surface area contributed by atoms with Gasteiger partial charge in [0.05, 0.1) is 0 Å². The van der Waals surface area contributed by atoms with Gasteiger partial charge in [0.25, 0.3) is 0 Å². The third-order valence-electron chi connectivity index (χ3n) is 2.02. The van der Waals surface area contributed by atoms with Gasteiger partial charge in [0, 0.05) is 5.56 Å². The molecule has 1 heteroatoms. The Morgan fingerprint density at radius 3 is 2.36 bits per heavy atom. The van der Waals surface area contributed by atoms with Gasteiger partial charge in [-0.25, -0.2) is 0 Å². The average Bonchev–Trinajstić information content (AvgIpc) is 2.24. The Morgan fingerprint density at radius 2 is 1.93 bits per heavy atom. The molecule has 0 N–H and O–H groups in total. The van der Waals surface area contributed by atoms with Crippen molar-refractivity contribution >= 4 is 6.29 Å². The lowest BCUT2D eigenvalue weighted by atomic mass is 10.0. The van der Waals surface area contributed by atoms with Crippen molar-refractivity contribution in [3.63, 3.8) is 0 Å². The minimum atomic E-state index is 0.771. The van der Waals surface area contributed by atoms with Crippen LogP contribution in [0.1, 0.15) is 48.7 Å². The number of benzene rings is 1. The average molecular weight is 192 g/mol. The molecule has 0 spiro atoms. The summed E-state index contributed by atoms with van der Waals surface area (Å²) in [5, 5.41) is 0. The van der Waals surface area contributed by atoms with Gasteiger partial charge in [-0.2, -0.15) is 0 Å². The van der Waals surface area contributed by atoms with Crippen LogP contribution in [0.3, 0.4) is 0 Å². The normalized spacial score (nSPS) is 8.86. The molecule has 0 aliphatic rings. The third-order valence-corrected chi connectivity index (χ3v) is 2.02. The van der Waals surface area contributed by atoms with Crippen molar-refractivity contribution in [1.29, 1.82) is 0 Å². The fourth-order valence-electron chi connectivity index (χ4n) is 1.34. The van der Waals surface area contributed by atoms with Crippen molar-refractivity contribution in [3.8, 4) is 0 Å². The second-order valence-electron chi connectivity index (χ2n) is 3.05. The molecule has 0 bridgehead atoms. The molecule has 1 aromatic rings. The molecule has 1 nitrogen and oxygen atoms in total. The summed E-state index contributed by atoms with van der Waals surface area (Å²) in [5.74, 6) is 0. The molecular weight excluding hydrogens is 172 g/mol. The lowest BCUT2D eigenvalue weighted by molar-refractivity contribution is 0.112. The van der Waals surface area contributed by atoms with Crippen molar-refractivity contribution in [3.05, 3.63) is 34.9 Å². The highest BCUT2D eigenvalue weighted by atomic mass is 16.1. The van der Waals surface area contributed by atoms with Crippen LogP contribution in [-0.2, 0) is 6.42 Å². The molecule has 0 fully saturated rings. The van der Waals surface area contributed by atoms with Gasteiger partial charge in [-0.1, -0.05) is 39.3 Å². The summed E-state index contributed by atoms with van der Waals surface area (Å²) >= 11 is 0. The van der Waals surface area contributed by atoms with E-state index in [-0.39, 0.29) is 0 Å². The van der Waals surface area contributed by atoms with Crippen LogP contribution in [-0.4, -0.2) is 6.29 Å². The predicted octanol–water partition coefficient (Wildman–Crippen LogP) is 3.79. The van der Waals surface area contributed by atoms with E-state index in [9.17, 15) is 4.79 Å². The van der Waals surface area contributed by atoms with E-state index in [1.54, 1.807) is 0 Å². The maximum Gasteiger partial charge on any atom is 0.150 e. The highest BCUT2D eigenvalue weighted by molar-refractivity contribution is 5.75. The molecular formula is C13H20O. The Kier molecular flexibility index (Phi) is 6.73. The largest absolute Gasteiger partial charge is 0.298 e. The lowest BCUT2D eigenvalue weighted by Crippen LogP contribution is -1.90. The third kappa shape index (κ3) is 3.73. The van der Waals surface area contributed by atoms with E-state index in [1.807, 2.05) is 32.0 Å². The molecule has 1 aromatic carbocycles. The molecule has 78 valence electrons. The lowest BCUT2D eigenvalue weighted by Gasteiger charge is -2.03. The summed E-state index contributed by atoms with van der Waals surface area (Å²) in [7, 11) is 0. The second-order valence-corrected chi connectivity index (χ2v) is 3.05. The fraction of sp³-hybridized carbons (Fsp3) is 0.462. The predicted molar refractivity (Wildman–Crippen MR) is 61.9 cm³/mol. The van der Waals surface area contributed by atoms with Gasteiger partial charge in [-0.05, 0) is 30.5 Å². The van der Waals surface area contributed by atoms with Crippen LogP contribution in [0.2, 0.25) is 0 Å². The molecule has 0 aliphatic heterocycles. The molecule has 0 amide bonds. The fourth-order valence-corrected chi connectivity index (χ4v) is 1.34. The topological polar surface area (TPSA) is 17.1 Å². The summed E-state index contributed by atoms with van der Waals surface area (Å²) in [6.45, 7) is 8.21. The van der Waals surface area contributed by atoms with Crippen LogP contribution < -0.4 is 0 Å². The number of carbonyl (C=O) groups is 1. The van der Waals surface area contributed by atoms with Crippen molar-refractivity contribution in [2.24, 2.45) is 0 Å². The zero-order valence-corrected chi connectivity index (χ0v) is 9.63. The molecule has 0 aliphatic carbocycles. The van der Waals surface area contributed by atoms with Gasteiger partial charge in [-0.3, -0.25) is 4.79 Å². The van der Waals surface area contributed by atoms with Gasteiger partial charge < -0.3 is 0 Å². The minimum Gasteiger partial charge on any atom is -0.298 e. The number of aryl methyl sites for hydroxylation is 2. The maximum absolute atomic E-state index is 10.4. The van der Waals surface area contributed by atoms with Crippen LogP contribution in [0, 0.1) is 6.92 Å². The highest BCUT2D eigenvalue weighted by Crippen LogP contribution is 2.11. The van der Waals surface area contributed by atoms with E-state index in [1.165, 1.54) is 11.1 Å². The molecule has 0 heterocycles. The van der Waals surface area contributed by atoms with Crippen LogP contribution in [0.4, 0.5) is 0 Å². The highest BCUT2D eigenvalue weighted by Gasteiger charge is 1.97. The number of hydrogen-bond acceptors (Lipinski definition) is 1. The van der Waals surface area contributed by atoms with Gasteiger partial charge in [-0.15, -0.1) is 0 Å². The van der Waals surface area contributed by atoms with E-state index in [2.05, 4.69) is 13.8 Å². The van der Waals surface area contributed by atoms with Crippen molar-refractivity contribution in [2.75, 3.05) is 0 Å². The van der Waals surface area contributed by atoms with Crippen LogP contribution in [0.5, 0.6) is 0 Å². The Morgan fingerprint density at radius 1 is 1.29 bits per heavy atom. The first kappa shape index (κ1) is 12.9. The van der Waals surface area contributed by atoms with E-state index in [0.717, 1.165) is 24.7 Å². The summed E-state index contributed by atoms with van der Waals surface area (Å²) < 4.78 is 0. The first-order valence-corrected chi connectivity index (χ1v) is 5.32. The minimum absolute atomic E-state index is 0.771. The van der Waals surface area contributed by atoms with E-state index in [0.29, 0.717) is 0 Å². The van der Waals surface area contributed by atoms with Crippen LogP contribution in [0.15, 0.2) is 18.2 Å². The van der Waals surface area contributed by atoms with Gasteiger partial charge >= 0.3 is 0 Å². The van der Waals surface area contributed by atoms with E-state index < -0.39 is 0 Å².